The minimum Gasteiger partial charge on any atom is -0.461 e. The number of aromatic nitrogens is 1. The van der Waals surface area contributed by atoms with E-state index < -0.39 is 5.72 Å². The van der Waals surface area contributed by atoms with Gasteiger partial charge < -0.3 is 9.47 Å². The molecule has 0 bridgehead atoms. The molecular weight excluding hydrogens is 344 g/mol. The standard InChI is InChI=1S/C21H25N2O4/c1-4-26-19(24)14-22-13-9-8-12-17(22)20(25)23-18(15-27-21(23,2)3)16-10-6-5-7-11-16/h5-13,18H,4,14-15H2,1-3H3/q+1/t18-/m1/s1. The number of carbonyl (C=O) groups excluding carboxylic acids is 2. The van der Waals surface area contributed by atoms with Crippen LogP contribution in [-0.2, 0) is 20.8 Å². The van der Waals surface area contributed by atoms with E-state index >= 15 is 0 Å². The molecule has 1 atom stereocenters. The van der Waals surface area contributed by atoms with E-state index in [4.69, 9.17) is 9.47 Å². The SMILES string of the molecule is CCOC(=O)C[n+]1ccccc1C(=O)N1[C@@H](c2ccccc2)COC1(C)C. The molecule has 1 aromatic carbocycles. The van der Waals surface area contributed by atoms with Gasteiger partial charge in [0.2, 0.25) is 6.54 Å². The van der Waals surface area contributed by atoms with Crippen LogP contribution < -0.4 is 4.57 Å². The Morgan fingerprint density at radius 1 is 1.19 bits per heavy atom. The predicted molar refractivity (Wildman–Crippen MR) is 98.7 cm³/mol. The van der Waals surface area contributed by atoms with Crippen LogP contribution in [0.3, 0.4) is 0 Å². The molecule has 1 fully saturated rings. The summed E-state index contributed by atoms with van der Waals surface area (Å²) in [6.07, 6.45) is 1.71. The summed E-state index contributed by atoms with van der Waals surface area (Å²) in [5, 5.41) is 0. The Morgan fingerprint density at radius 2 is 1.89 bits per heavy atom. The van der Waals surface area contributed by atoms with Crippen molar-refractivity contribution < 1.29 is 23.6 Å². The van der Waals surface area contributed by atoms with E-state index in [0.29, 0.717) is 18.9 Å². The lowest BCUT2D eigenvalue weighted by atomic mass is 10.0. The number of benzene rings is 1. The molecule has 6 heteroatoms. The smallest absolute Gasteiger partial charge is 0.372 e. The monoisotopic (exact) mass is 369 g/mol. The van der Waals surface area contributed by atoms with Crippen LogP contribution in [0.2, 0.25) is 0 Å². The third-order valence-electron chi connectivity index (χ3n) is 4.65. The van der Waals surface area contributed by atoms with Crippen LogP contribution in [0, 0.1) is 0 Å². The van der Waals surface area contributed by atoms with Crippen molar-refractivity contribution in [2.45, 2.75) is 39.1 Å². The molecule has 1 saturated heterocycles. The summed E-state index contributed by atoms with van der Waals surface area (Å²) >= 11 is 0. The molecule has 0 aliphatic carbocycles. The van der Waals surface area contributed by atoms with Gasteiger partial charge in [-0.15, -0.1) is 0 Å². The molecule has 27 heavy (non-hydrogen) atoms. The molecule has 0 saturated carbocycles. The van der Waals surface area contributed by atoms with E-state index in [1.165, 1.54) is 0 Å². The van der Waals surface area contributed by atoms with Crippen molar-refractivity contribution in [2.75, 3.05) is 13.2 Å². The topological polar surface area (TPSA) is 59.7 Å². The molecule has 0 radical (unpaired) electrons. The molecule has 2 heterocycles. The number of nitrogens with zero attached hydrogens (tertiary/aromatic N) is 2. The number of ether oxygens (including phenoxy) is 2. The summed E-state index contributed by atoms with van der Waals surface area (Å²) in [6.45, 7) is 6.24. The maximum atomic E-state index is 13.5. The van der Waals surface area contributed by atoms with Gasteiger partial charge >= 0.3 is 11.9 Å². The van der Waals surface area contributed by atoms with Gasteiger partial charge in [-0.25, -0.2) is 4.79 Å². The van der Waals surface area contributed by atoms with Gasteiger partial charge in [0.15, 0.2) is 6.20 Å². The van der Waals surface area contributed by atoms with E-state index in [-0.39, 0.29) is 24.5 Å². The summed E-state index contributed by atoms with van der Waals surface area (Å²) in [7, 11) is 0. The van der Waals surface area contributed by atoms with Crippen LogP contribution in [0.15, 0.2) is 54.7 Å². The molecule has 6 nitrogen and oxygen atoms in total. The first-order valence-electron chi connectivity index (χ1n) is 9.10. The van der Waals surface area contributed by atoms with E-state index in [1.807, 2.05) is 44.2 Å². The summed E-state index contributed by atoms with van der Waals surface area (Å²) in [5.74, 6) is -0.560. The lowest BCUT2D eigenvalue weighted by molar-refractivity contribution is -0.688. The van der Waals surface area contributed by atoms with Crippen molar-refractivity contribution in [1.82, 2.24) is 4.90 Å². The first-order chi connectivity index (χ1) is 12.9. The number of hydrogen-bond donors (Lipinski definition) is 0. The largest absolute Gasteiger partial charge is 0.461 e. The highest BCUT2D eigenvalue weighted by Gasteiger charge is 2.46. The Bertz CT molecular complexity index is 820. The van der Waals surface area contributed by atoms with Gasteiger partial charge in [-0.2, -0.15) is 4.57 Å². The van der Waals surface area contributed by atoms with Gasteiger partial charge in [-0.3, -0.25) is 9.69 Å². The molecule has 0 unspecified atom stereocenters. The van der Waals surface area contributed by atoms with E-state index in [2.05, 4.69) is 0 Å². The Kier molecular flexibility index (Phi) is 5.56. The van der Waals surface area contributed by atoms with Crippen molar-refractivity contribution in [1.29, 1.82) is 0 Å². The van der Waals surface area contributed by atoms with Crippen LogP contribution in [0.25, 0.3) is 0 Å². The van der Waals surface area contributed by atoms with Crippen molar-refractivity contribution in [3.05, 3.63) is 66.0 Å². The minimum atomic E-state index is -0.755. The van der Waals surface area contributed by atoms with Gasteiger partial charge in [0.05, 0.1) is 19.3 Å². The van der Waals surface area contributed by atoms with Crippen molar-refractivity contribution in [3.8, 4) is 0 Å². The summed E-state index contributed by atoms with van der Waals surface area (Å²) in [5.41, 5.74) is 0.684. The number of amides is 1. The Balaban J connectivity index is 1.95. The number of carbonyl (C=O) groups is 2. The molecule has 3 rings (SSSR count). The highest BCUT2D eigenvalue weighted by molar-refractivity contribution is 5.92. The van der Waals surface area contributed by atoms with Gasteiger partial charge in [0, 0.05) is 12.1 Å². The maximum Gasteiger partial charge on any atom is 0.372 e. The fourth-order valence-electron chi connectivity index (χ4n) is 3.39. The van der Waals surface area contributed by atoms with Gasteiger partial charge in [0.1, 0.15) is 5.72 Å². The predicted octanol–water partition coefficient (Wildman–Crippen LogP) is 2.49. The quantitative estimate of drug-likeness (QED) is 0.600. The van der Waals surface area contributed by atoms with Gasteiger partial charge in [0.25, 0.3) is 5.69 Å². The second-order valence-electron chi connectivity index (χ2n) is 6.88. The molecule has 1 amide bonds. The third-order valence-corrected chi connectivity index (χ3v) is 4.65. The molecule has 1 aliphatic rings. The Hall–Kier alpha value is -2.73. The second kappa shape index (κ2) is 7.88. The number of rotatable bonds is 5. The Labute approximate surface area is 159 Å². The van der Waals surface area contributed by atoms with E-state index in [1.54, 1.807) is 40.8 Å². The normalized spacial score (nSPS) is 18.3. The van der Waals surface area contributed by atoms with Crippen LogP contribution in [-0.4, -0.2) is 35.7 Å². The molecule has 1 aromatic heterocycles. The zero-order chi connectivity index (χ0) is 19.4. The van der Waals surface area contributed by atoms with Crippen LogP contribution in [0.1, 0.15) is 42.9 Å². The first-order valence-corrected chi connectivity index (χ1v) is 9.10. The number of pyridine rings is 1. The van der Waals surface area contributed by atoms with E-state index in [9.17, 15) is 9.59 Å². The number of hydrogen-bond acceptors (Lipinski definition) is 4. The molecule has 2 aromatic rings. The highest BCUT2D eigenvalue weighted by atomic mass is 16.5. The maximum absolute atomic E-state index is 13.5. The summed E-state index contributed by atoms with van der Waals surface area (Å²) in [6, 6.07) is 14.9. The van der Waals surface area contributed by atoms with Crippen molar-refractivity contribution in [2.24, 2.45) is 0 Å². The lowest BCUT2D eigenvalue weighted by Crippen LogP contribution is -2.51. The molecular formula is C21H25N2O4+. The van der Waals surface area contributed by atoms with Crippen LogP contribution >= 0.6 is 0 Å². The molecule has 0 N–H and O–H groups in total. The van der Waals surface area contributed by atoms with E-state index in [0.717, 1.165) is 5.56 Å². The average molecular weight is 369 g/mol. The molecule has 142 valence electrons. The highest BCUT2D eigenvalue weighted by Crippen LogP contribution is 2.37. The minimum absolute atomic E-state index is 0.0130. The van der Waals surface area contributed by atoms with Gasteiger partial charge in [-0.05, 0) is 32.4 Å². The zero-order valence-corrected chi connectivity index (χ0v) is 15.9. The molecule has 1 aliphatic heterocycles. The summed E-state index contributed by atoms with van der Waals surface area (Å²) < 4.78 is 12.6. The van der Waals surface area contributed by atoms with Gasteiger partial charge in [-0.1, -0.05) is 30.3 Å². The second-order valence-corrected chi connectivity index (χ2v) is 6.88. The third kappa shape index (κ3) is 4.01. The first kappa shape index (κ1) is 19.0. The van der Waals surface area contributed by atoms with Crippen LogP contribution in [0.4, 0.5) is 0 Å². The van der Waals surface area contributed by atoms with Crippen LogP contribution in [0.5, 0.6) is 0 Å². The average Bonchev–Trinajstić information content (AvgIpc) is 2.97. The van der Waals surface area contributed by atoms with Crippen molar-refractivity contribution >= 4 is 11.9 Å². The fourth-order valence-corrected chi connectivity index (χ4v) is 3.39. The zero-order valence-electron chi connectivity index (χ0n) is 15.9. The fraction of sp³-hybridized carbons (Fsp3) is 0.381. The number of esters is 1. The molecule has 0 spiro atoms. The van der Waals surface area contributed by atoms with Crippen molar-refractivity contribution in [3.63, 3.8) is 0 Å². The Morgan fingerprint density at radius 3 is 2.59 bits per heavy atom. The lowest BCUT2D eigenvalue weighted by Gasteiger charge is -2.33. The summed E-state index contributed by atoms with van der Waals surface area (Å²) in [4.78, 5) is 27.2.